The molecule has 0 aromatic heterocycles. The van der Waals surface area contributed by atoms with Crippen LogP contribution in [-0.2, 0) is 9.47 Å². The van der Waals surface area contributed by atoms with Gasteiger partial charge in [-0.3, -0.25) is 5.73 Å². The van der Waals surface area contributed by atoms with E-state index in [-0.39, 0.29) is 11.9 Å². The molecular formula is C16H14ClN4O2+. The first-order chi connectivity index (χ1) is 11.0. The molecule has 1 aliphatic carbocycles. The number of halogens is 1. The first-order valence-corrected chi connectivity index (χ1v) is 7.66. The van der Waals surface area contributed by atoms with Gasteiger partial charge in [0.1, 0.15) is 0 Å². The van der Waals surface area contributed by atoms with Gasteiger partial charge in [0.05, 0.1) is 24.8 Å². The highest BCUT2D eigenvalue weighted by molar-refractivity contribution is 6.30. The van der Waals surface area contributed by atoms with Crippen molar-refractivity contribution in [1.29, 1.82) is 10.5 Å². The number of nitrogens with zero attached hydrogens (tertiary/aromatic N) is 2. The normalized spacial score (nSPS) is 43.6. The largest absolute Gasteiger partial charge is 0.343 e. The predicted octanol–water partition coefficient (Wildman–Crippen LogP) is -0.00234. The Morgan fingerprint density at radius 3 is 2.74 bits per heavy atom. The number of hydrogen-bond acceptors (Lipinski definition) is 5. The average Bonchev–Trinajstić information content (AvgIpc) is 2.93. The molecule has 6 nitrogen and oxygen atoms in total. The predicted molar refractivity (Wildman–Crippen MR) is 79.7 cm³/mol. The second-order valence-electron chi connectivity index (χ2n) is 6.22. The first-order valence-electron chi connectivity index (χ1n) is 7.28. The molecule has 1 saturated heterocycles. The van der Waals surface area contributed by atoms with Crippen LogP contribution in [-0.4, -0.2) is 24.5 Å². The highest BCUT2D eigenvalue weighted by Gasteiger charge is 2.97. The average molecular weight is 330 g/mol. The van der Waals surface area contributed by atoms with Crippen molar-refractivity contribution in [1.82, 2.24) is 0 Å². The summed E-state index contributed by atoms with van der Waals surface area (Å²) in [7, 11) is 0. The SMILES string of the molecule is C[C@@H]1CO[C@@]2([NH+]=C(N)[C@@]3(C#N)[C@@H](c4cccc(Cl)c4)[C@@]23C#N)O1. The third-order valence-electron chi connectivity index (χ3n) is 5.07. The minimum Gasteiger partial charge on any atom is -0.311 e. The number of hydrogen-bond donors (Lipinski definition) is 2. The van der Waals surface area contributed by atoms with E-state index in [1.165, 1.54) is 0 Å². The fourth-order valence-corrected chi connectivity index (χ4v) is 4.35. The monoisotopic (exact) mass is 329 g/mol. The molecule has 2 fully saturated rings. The summed E-state index contributed by atoms with van der Waals surface area (Å²) in [6, 6.07) is 11.6. The standard InChI is InChI=1S/C16H13ClN4O2/c1-9-6-22-16(23-9)15(8-19)12(10-3-2-4-11(17)5-10)14(15,7-18)13(20)21-16/h2-5,9,12H,6H2,1H3,(H2,20,21)/p+1/t9-,12-,14-,15-,16-/m1/s1. The van der Waals surface area contributed by atoms with Crippen molar-refractivity contribution in [2.24, 2.45) is 16.6 Å². The Balaban J connectivity index is 1.93. The Morgan fingerprint density at radius 2 is 2.17 bits per heavy atom. The molecule has 2 heterocycles. The maximum Gasteiger partial charge on any atom is 0.343 e. The summed E-state index contributed by atoms with van der Waals surface area (Å²) in [6.07, 6.45) is -0.198. The van der Waals surface area contributed by atoms with Crippen LogP contribution < -0.4 is 10.7 Å². The van der Waals surface area contributed by atoms with Crippen molar-refractivity contribution >= 4 is 17.4 Å². The fraction of sp³-hybridized carbons (Fsp3) is 0.438. The molecule has 116 valence electrons. The topological polar surface area (TPSA) is 106 Å². The Bertz CT molecular complexity index is 828. The molecule has 23 heavy (non-hydrogen) atoms. The summed E-state index contributed by atoms with van der Waals surface area (Å²) < 4.78 is 11.7. The van der Waals surface area contributed by atoms with Crippen LogP contribution in [0.4, 0.5) is 0 Å². The molecule has 3 aliphatic rings. The zero-order valence-electron chi connectivity index (χ0n) is 12.3. The van der Waals surface area contributed by atoms with Gasteiger partial charge in [0, 0.05) is 10.9 Å². The fourth-order valence-electron chi connectivity index (χ4n) is 4.15. The number of amidine groups is 1. The number of nitrogens with one attached hydrogen (secondary N) is 1. The van der Waals surface area contributed by atoms with Crippen molar-refractivity contribution in [3.63, 3.8) is 0 Å². The van der Waals surface area contributed by atoms with Gasteiger partial charge in [-0.25, -0.2) is 4.99 Å². The van der Waals surface area contributed by atoms with E-state index in [1.807, 2.05) is 13.0 Å². The van der Waals surface area contributed by atoms with Crippen molar-refractivity contribution in [3.05, 3.63) is 34.9 Å². The highest BCUT2D eigenvalue weighted by atomic mass is 35.5. The van der Waals surface area contributed by atoms with E-state index in [1.54, 1.807) is 18.2 Å². The van der Waals surface area contributed by atoms with Gasteiger partial charge in [-0.1, -0.05) is 23.7 Å². The van der Waals surface area contributed by atoms with Gasteiger partial charge in [0.2, 0.25) is 0 Å². The smallest absolute Gasteiger partial charge is 0.311 e. The maximum atomic E-state index is 9.99. The van der Waals surface area contributed by atoms with E-state index in [0.29, 0.717) is 11.6 Å². The summed E-state index contributed by atoms with van der Waals surface area (Å²) in [6.45, 7) is 2.17. The van der Waals surface area contributed by atoms with Gasteiger partial charge in [0.25, 0.3) is 5.84 Å². The number of benzene rings is 1. The highest BCUT2D eigenvalue weighted by Crippen LogP contribution is 2.79. The number of nitriles is 2. The third-order valence-corrected chi connectivity index (χ3v) is 5.31. The molecule has 1 saturated carbocycles. The van der Waals surface area contributed by atoms with Crippen LogP contribution in [0.2, 0.25) is 5.02 Å². The van der Waals surface area contributed by atoms with Crippen molar-refractivity contribution in [3.8, 4) is 12.1 Å². The lowest BCUT2D eigenvalue weighted by Gasteiger charge is -2.24. The van der Waals surface area contributed by atoms with E-state index >= 15 is 0 Å². The molecule has 7 heteroatoms. The van der Waals surface area contributed by atoms with Gasteiger partial charge >= 0.3 is 5.91 Å². The third kappa shape index (κ3) is 1.38. The lowest BCUT2D eigenvalue weighted by Crippen LogP contribution is -2.90. The minimum absolute atomic E-state index is 0.198. The zero-order valence-corrected chi connectivity index (χ0v) is 13.1. The quantitative estimate of drug-likeness (QED) is 0.754. The molecular weight excluding hydrogens is 316 g/mol. The lowest BCUT2D eigenvalue weighted by molar-refractivity contribution is -0.677. The van der Waals surface area contributed by atoms with E-state index in [4.69, 9.17) is 26.8 Å². The Labute approximate surface area is 138 Å². The molecule has 4 rings (SSSR count). The van der Waals surface area contributed by atoms with Crippen LogP contribution in [0.1, 0.15) is 18.4 Å². The van der Waals surface area contributed by atoms with E-state index in [2.05, 4.69) is 17.1 Å². The Morgan fingerprint density at radius 1 is 1.39 bits per heavy atom. The zero-order chi connectivity index (χ0) is 16.5. The molecule has 1 aromatic rings. The summed E-state index contributed by atoms with van der Waals surface area (Å²) in [5.41, 5.74) is 4.47. The van der Waals surface area contributed by atoms with Gasteiger partial charge in [0.15, 0.2) is 10.8 Å². The van der Waals surface area contributed by atoms with Gasteiger partial charge in [-0.15, -0.1) is 0 Å². The molecule has 0 amide bonds. The van der Waals surface area contributed by atoms with Crippen LogP contribution in [0, 0.1) is 33.5 Å². The maximum absolute atomic E-state index is 9.99. The molecule has 3 N–H and O–H groups in total. The summed E-state index contributed by atoms with van der Waals surface area (Å²) in [4.78, 5) is 2.93. The summed E-state index contributed by atoms with van der Waals surface area (Å²) in [5.74, 6) is -1.65. The van der Waals surface area contributed by atoms with Gasteiger partial charge in [-0.2, -0.15) is 10.5 Å². The summed E-state index contributed by atoms with van der Waals surface area (Å²) >= 11 is 6.08. The van der Waals surface area contributed by atoms with E-state index in [9.17, 15) is 10.5 Å². The molecule has 1 spiro atoms. The lowest BCUT2D eigenvalue weighted by atomic mass is 9.94. The Hall–Kier alpha value is -2.12. The van der Waals surface area contributed by atoms with E-state index < -0.39 is 22.7 Å². The number of rotatable bonds is 1. The first kappa shape index (κ1) is 14.5. The molecule has 0 unspecified atom stereocenters. The summed E-state index contributed by atoms with van der Waals surface area (Å²) in [5, 5.41) is 20.4. The second kappa shape index (κ2) is 4.24. The van der Waals surface area contributed by atoms with Gasteiger partial charge < -0.3 is 9.47 Å². The molecule has 2 aliphatic heterocycles. The van der Waals surface area contributed by atoms with Crippen molar-refractivity contribution < 1.29 is 14.5 Å². The van der Waals surface area contributed by atoms with E-state index in [0.717, 1.165) is 5.56 Å². The van der Waals surface area contributed by atoms with Crippen LogP contribution >= 0.6 is 11.6 Å². The van der Waals surface area contributed by atoms with Crippen molar-refractivity contribution in [2.75, 3.05) is 6.61 Å². The van der Waals surface area contributed by atoms with Crippen LogP contribution in [0.25, 0.3) is 0 Å². The molecule has 5 atom stereocenters. The van der Waals surface area contributed by atoms with Crippen LogP contribution in [0.3, 0.4) is 0 Å². The minimum atomic E-state index is -1.39. The van der Waals surface area contributed by atoms with Crippen molar-refractivity contribution in [2.45, 2.75) is 24.9 Å². The number of fused-ring (bicyclic) bond motifs is 2. The second-order valence-corrected chi connectivity index (χ2v) is 6.66. The van der Waals surface area contributed by atoms with Gasteiger partial charge in [-0.05, 0) is 24.6 Å². The molecule has 1 aromatic carbocycles. The van der Waals surface area contributed by atoms with Crippen LogP contribution in [0.15, 0.2) is 24.3 Å². The number of ether oxygens (including phenoxy) is 2. The molecule has 0 bridgehead atoms. The van der Waals surface area contributed by atoms with Crippen LogP contribution in [0.5, 0.6) is 0 Å². The Kier molecular flexibility index (Phi) is 2.67. The molecule has 0 radical (unpaired) electrons. The number of nitrogens with two attached hydrogens (primary N) is 1.